The lowest BCUT2D eigenvalue weighted by Crippen LogP contribution is -2.40. The highest BCUT2D eigenvalue weighted by molar-refractivity contribution is 5.79. The molecule has 0 spiro atoms. The quantitative estimate of drug-likeness (QED) is 0.363. The number of rotatable bonds is 10. The van der Waals surface area contributed by atoms with E-state index in [0.29, 0.717) is 0 Å². The minimum absolute atomic E-state index is 0.764. The summed E-state index contributed by atoms with van der Waals surface area (Å²) in [6.07, 6.45) is 6.31. The normalized spacial score (nSPS) is 13.7. The van der Waals surface area contributed by atoms with Gasteiger partial charge in [0.25, 0.3) is 0 Å². The molecule has 0 aromatic carbocycles. The van der Waals surface area contributed by atoms with Crippen molar-refractivity contribution in [3.05, 3.63) is 0 Å². The van der Waals surface area contributed by atoms with E-state index >= 15 is 0 Å². The van der Waals surface area contributed by atoms with Gasteiger partial charge >= 0.3 is 0 Å². The van der Waals surface area contributed by atoms with Crippen LogP contribution in [-0.4, -0.2) is 51.6 Å². The van der Waals surface area contributed by atoms with Crippen LogP contribution in [0.4, 0.5) is 0 Å². The van der Waals surface area contributed by atoms with E-state index in [9.17, 15) is 0 Å². The SMILES string of the molecule is CCCCC(CC)CNC(=NC)NCCCN(C)C. The molecule has 1 atom stereocenters. The van der Waals surface area contributed by atoms with Gasteiger partial charge in [0.2, 0.25) is 0 Å². The fourth-order valence-electron chi connectivity index (χ4n) is 2.01. The first-order chi connectivity index (χ1) is 9.13. The second-order valence-corrected chi connectivity index (χ2v) is 5.45. The van der Waals surface area contributed by atoms with Gasteiger partial charge in [0.15, 0.2) is 5.96 Å². The van der Waals surface area contributed by atoms with E-state index in [4.69, 9.17) is 0 Å². The van der Waals surface area contributed by atoms with E-state index in [2.05, 4.69) is 48.5 Å². The van der Waals surface area contributed by atoms with Gasteiger partial charge in [0.05, 0.1) is 0 Å². The van der Waals surface area contributed by atoms with Gasteiger partial charge in [-0.3, -0.25) is 4.99 Å². The van der Waals surface area contributed by atoms with Crippen molar-refractivity contribution in [3.8, 4) is 0 Å². The highest BCUT2D eigenvalue weighted by atomic mass is 15.2. The maximum Gasteiger partial charge on any atom is 0.190 e. The molecule has 114 valence electrons. The molecule has 19 heavy (non-hydrogen) atoms. The maximum absolute atomic E-state index is 4.27. The number of guanidine groups is 1. The van der Waals surface area contributed by atoms with Gasteiger partial charge in [0.1, 0.15) is 0 Å². The van der Waals surface area contributed by atoms with Crippen molar-refractivity contribution in [2.24, 2.45) is 10.9 Å². The summed E-state index contributed by atoms with van der Waals surface area (Å²) in [5.41, 5.74) is 0. The van der Waals surface area contributed by atoms with Gasteiger partial charge in [-0.05, 0) is 39.4 Å². The smallest absolute Gasteiger partial charge is 0.190 e. The summed E-state index contributed by atoms with van der Waals surface area (Å²) >= 11 is 0. The van der Waals surface area contributed by atoms with Gasteiger partial charge in [0, 0.05) is 20.1 Å². The van der Waals surface area contributed by atoms with E-state index in [1.807, 2.05) is 7.05 Å². The third kappa shape index (κ3) is 10.8. The third-order valence-corrected chi connectivity index (χ3v) is 3.40. The third-order valence-electron chi connectivity index (χ3n) is 3.40. The van der Waals surface area contributed by atoms with Crippen molar-refractivity contribution in [1.82, 2.24) is 15.5 Å². The van der Waals surface area contributed by atoms with Crippen molar-refractivity contribution in [2.45, 2.75) is 46.0 Å². The summed E-state index contributed by atoms with van der Waals surface area (Å²) < 4.78 is 0. The summed E-state index contributed by atoms with van der Waals surface area (Å²) in [4.78, 5) is 6.48. The molecular weight excluding hydrogens is 236 g/mol. The molecule has 4 heteroatoms. The molecule has 0 fully saturated rings. The molecule has 0 aliphatic carbocycles. The predicted molar refractivity (Wildman–Crippen MR) is 85.8 cm³/mol. The van der Waals surface area contributed by atoms with Crippen LogP contribution in [0.3, 0.4) is 0 Å². The standard InChI is InChI=1S/C15H34N4/c1-6-8-10-14(7-2)13-18-15(16-3)17-11-9-12-19(4)5/h14H,6-13H2,1-5H3,(H2,16,17,18). The second kappa shape index (κ2) is 12.3. The second-order valence-electron chi connectivity index (χ2n) is 5.45. The molecule has 0 radical (unpaired) electrons. The Morgan fingerprint density at radius 3 is 2.42 bits per heavy atom. The Bertz CT molecular complexity index is 226. The van der Waals surface area contributed by atoms with Gasteiger partial charge in [-0.15, -0.1) is 0 Å². The lowest BCUT2D eigenvalue weighted by molar-refractivity contribution is 0.399. The van der Waals surface area contributed by atoms with Crippen LogP contribution in [0.1, 0.15) is 46.0 Å². The van der Waals surface area contributed by atoms with E-state index in [-0.39, 0.29) is 0 Å². The summed E-state index contributed by atoms with van der Waals surface area (Å²) in [7, 11) is 6.05. The van der Waals surface area contributed by atoms with Crippen molar-refractivity contribution < 1.29 is 0 Å². The Balaban J connectivity index is 3.79. The van der Waals surface area contributed by atoms with Crippen LogP contribution in [0.2, 0.25) is 0 Å². The Morgan fingerprint density at radius 2 is 1.89 bits per heavy atom. The monoisotopic (exact) mass is 270 g/mol. The zero-order chi connectivity index (χ0) is 14.5. The lowest BCUT2D eigenvalue weighted by atomic mass is 9.99. The molecule has 0 heterocycles. The minimum atomic E-state index is 0.764. The molecule has 2 N–H and O–H groups in total. The molecule has 1 unspecified atom stereocenters. The van der Waals surface area contributed by atoms with E-state index in [1.54, 1.807) is 0 Å². The maximum atomic E-state index is 4.27. The van der Waals surface area contributed by atoms with Crippen LogP contribution in [0.5, 0.6) is 0 Å². The first kappa shape index (κ1) is 18.2. The van der Waals surface area contributed by atoms with Crippen molar-refractivity contribution >= 4 is 5.96 Å². The lowest BCUT2D eigenvalue weighted by Gasteiger charge is -2.18. The average molecular weight is 270 g/mol. The molecule has 0 aliphatic heterocycles. The molecule has 0 rings (SSSR count). The minimum Gasteiger partial charge on any atom is -0.356 e. The highest BCUT2D eigenvalue weighted by Gasteiger charge is 2.06. The number of nitrogens with zero attached hydrogens (tertiary/aromatic N) is 2. The molecular formula is C15H34N4. The summed E-state index contributed by atoms with van der Waals surface area (Å²) in [6.45, 7) is 7.65. The Hall–Kier alpha value is -0.770. The molecule has 0 saturated heterocycles. The van der Waals surface area contributed by atoms with Gasteiger partial charge in [-0.1, -0.05) is 33.1 Å². The van der Waals surface area contributed by atoms with Crippen molar-refractivity contribution in [3.63, 3.8) is 0 Å². The zero-order valence-corrected chi connectivity index (χ0v) is 13.6. The predicted octanol–water partition coefficient (Wildman–Crippen LogP) is 2.32. The number of hydrogen-bond acceptors (Lipinski definition) is 2. The topological polar surface area (TPSA) is 39.7 Å². The van der Waals surface area contributed by atoms with Crippen LogP contribution < -0.4 is 10.6 Å². The fraction of sp³-hybridized carbons (Fsp3) is 0.933. The van der Waals surface area contributed by atoms with Gasteiger partial charge < -0.3 is 15.5 Å². The van der Waals surface area contributed by atoms with E-state index in [1.165, 1.54) is 25.7 Å². The van der Waals surface area contributed by atoms with Crippen LogP contribution in [-0.2, 0) is 0 Å². The summed E-state index contributed by atoms with van der Waals surface area (Å²) in [6, 6.07) is 0. The molecule has 0 aromatic heterocycles. The first-order valence-electron chi connectivity index (χ1n) is 7.73. The first-order valence-corrected chi connectivity index (χ1v) is 7.73. The van der Waals surface area contributed by atoms with Crippen LogP contribution >= 0.6 is 0 Å². The Kier molecular flexibility index (Phi) is 11.8. The largest absolute Gasteiger partial charge is 0.356 e. The zero-order valence-electron chi connectivity index (χ0n) is 13.6. The van der Waals surface area contributed by atoms with Crippen molar-refractivity contribution in [2.75, 3.05) is 40.8 Å². The Morgan fingerprint density at radius 1 is 1.16 bits per heavy atom. The molecule has 0 amide bonds. The number of unbranched alkanes of at least 4 members (excludes halogenated alkanes) is 1. The highest BCUT2D eigenvalue weighted by Crippen LogP contribution is 2.10. The van der Waals surface area contributed by atoms with Gasteiger partial charge in [-0.25, -0.2) is 0 Å². The summed E-state index contributed by atoms with van der Waals surface area (Å²) in [5, 5.41) is 6.82. The van der Waals surface area contributed by atoms with Crippen LogP contribution in [0.25, 0.3) is 0 Å². The molecule has 0 aliphatic rings. The number of hydrogen-bond donors (Lipinski definition) is 2. The van der Waals surface area contributed by atoms with Crippen LogP contribution in [0, 0.1) is 5.92 Å². The van der Waals surface area contributed by atoms with E-state index < -0.39 is 0 Å². The van der Waals surface area contributed by atoms with E-state index in [0.717, 1.165) is 37.9 Å². The van der Waals surface area contributed by atoms with Crippen molar-refractivity contribution in [1.29, 1.82) is 0 Å². The molecule has 0 aromatic rings. The average Bonchev–Trinajstić information content (AvgIpc) is 2.40. The molecule has 0 bridgehead atoms. The number of nitrogens with one attached hydrogen (secondary N) is 2. The van der Waals surface area contributed by atoms with Gasteiger partial charge in [-0.2, -0.15) is 0 Å². The molecule has 0 saturated carbocycles. The number of aliphatic imine (C=N–C) groups is 1. The molecule has 4 nitrogen and oxygen atoms in total. The Labute approximate surface area is 120 Å². The summed E-state index contributed by atoms with van der Waals surface area (Å²) in [5.74, 6) is 1.70. The van der Waals surface area contributed by atoms with Crippen LogP contribution in [0.15, 0.2) is 4.99 Å². The fourth-order valence-corrected chi connectivity index (χ4v) is 2.01.